The van der Waals surface area contributed by atoms with Crippen molar-refractivity contribution in [3.8, 4) is 0 Å². The van der Waals surface area contributed by atoms with Crippen LogP contribution in [-0.4, -0.2) is 0 Å². The summed E-state index contributed by atoms with van der Waals surface area (Å²) in [7, 11) is 0. The smallest absolute Gasteiger partial charge is 0.00577 e. The lowest BCUT2D eigenvalue weighted by atomic mass is 10.00. The van der Waals surface area contributed by atoms with Gasteiger partial charge >= 0.3 is 0 Å². The van der Waals surface area contributed by atoms with Gasteiger partial charge in [0.15, 0.2) is 0 Å². The first-order valence-corrected chi connectivity index (χ1v) is 6.87. The zero-order valence-corrected chi connectivity index (χ0v) is 11.3. The molecule has 3 rings (SSSR count). The molecule has 0 fully saturated rings. The molecule has 18 heavy (non-hydrogen) atoms. The standard InChI is InChI=1S/C18H20/c1-13-7-9-16(14(13)2)10-8-15-11-17-5-3-4-6-18(17)12-15/h3-6,9,11H,7-8,10,12H2,1-2H3. The Hall–Kier alpha value is -1.56. The van der Waals surface area contributed by atoms with Crippen LogP contribution in [0, 0.1) is 0 Å². The van der Waals surface area contributed by atoms with E-state index in [0.717, 1.165) is 6.42 Å². The average Bonchev–Trinajstić information content (AvgIpc) is 2.92. The van der Waals surface area contributed by atoms with Crippen molar-refractivity contribution >= 4 is 6.08 Å². The zero-order chi connectivity index (χ0) is 12.5. The van der Waals surface area contributed by atoms with Gasteiger partial charge in [-0.05, 0) is 61.8 Å². The number of allylic oxidation sites excluding steroid dienone is 5. The van der Waals surface area contributed by atoms with Gasteiger partial charge in [-0.2, -0.15) is 0 Å². The summed E-state index contributed by atoms with van der Waals surface area (Å²) in [6.45, 7) is 4.52. The first-order chi connectivity index (χ1) is 8.74. The van der Waals surface area contributed by atoms with Gasteiger partial charge in [-0.1, -0.05) is 47.6 Å². The summed E-state index contributed by atoms with van der Waals surface area (Å²) in [5.41, 5.74) is 9.17. The Bertz CT molecular complexity index is 567. The molecule has 0 unspecified atom stereocenters. The molecule has 0 saturated heterocycles. The normalized spacial score (nSPS) is 17.9. The molecular formula is C18H20. The van der Waals surface area contributed by atoms with E-state index in [-0.39, 0.29) is 0 Å². The van der Waals surface area contributed by atoms with Gasteiger partial charge in [-0.25, -0.2) is 0 Å². The van der Waals surface area contributed by atoms with E-state index in [9.17, 15) is 0 Å². The third kappa shape index (κ3) is 2.08. The molecule has 0 saturated carbocycles. The van der Waals surface area contributed by atoms with Crippen LogP contribution in [-0.2, 0) is 6.42 Å². The number of fused-ring (bicyclic) bond motifs is 1. The van der Waals surface area contributed by atoms with E-state index in [4.69, 9.17) is 0 Å². The second-order valence-corrected chi connectivity index (χ2v) is 5.52. The van der Waals surface area contributed by atoms with Crippen molar-refractivity contribution in [2.24, 2.45) is 0 Å². The maximum atomic E-state index is 2.41. The fraction of sp³-hybridized carbons (Fsp3) is 0.333. The molecule has 0 nitrogen and oxygen atoms in total. The van der Waals surface area contributed by atoms with Crippen LogP contribution in [0.1, 0.15) is 44.2 Å². The topological polar surface area (TPSA) is 0 Å². The highest BCUT2D eigenvalue weighted by Crippen LogP contribution is 2.32. The predicted octanol–water partition coefficient (Wildman–Crippen LogP) is 5.07. The van der Waals surface area contributed by atoms with Gasteiger partial charge in [0, 0.05) is 0 Å². The molecular weight excluding hydrogens is 216 g/mol. The van der Waals surface area contributed by atoms with Crippen LogP contribution < -0.4 is 0 Å². The van der Waals surface area contributed by atoms with Crippen molar-refractivity contribution in [1.29, 1.82) is 0 Å². The summed E-state index contributed by atoms with van der Waals surface area (Å²) < 4.78 is 0. The Morgan fingerprint density at radius 2 is 1.89 bits per heavy atom. The molecule has 0 amide bonds. The third-order valence-corrected chi connectivity index (χ3v) is 4.32. The van der Waals surface area contributed by atoms with Gasteiger partial charge < -0.3 is 0 Å². The largest absolute Gasteiger partial charge is 0.0770 e. The van der Waals surface area contributed by atoms with E-state index < -0.39 is 0 Å². The van der Waals surface area contributed by atoms with E-state index >= 15 is 0 Å². The minimum absolute atomic E-state index is 1.16. The van der Waals surface area contributed by atoms with Crippen molar-refractivity contribution in [2.75, 3.05) is 0 Å². The molecule has 2 aliphatic rings. The highest BCUT2D eigenvalue weighted by atomic mass is 14.2. The second kappa shape index (κ2) is 4.61. The average molecular weight is 236 g/mol. The Morgan fingerprint density at radius 3 is 2.61 bits per heavy atom. The molecule has 2 aliphatic carbocycles. The van der Waals surface area contributed by atoms with Gasteiger partial charge in [-0.15, -0.1) is 0 Å². The minimum Gasteiger partial charge on any atom is -0.0770 e. The second-order valence-electron chi connectivity index (χ2n) is 5.52. The Kier molecular flexibility index (Phi) is 2.95. The van der Waals surface area contributed by atoms with E-state index in [0.29, 0.717) is 0 Å². The number of benzene rings is 1. The van der Waals surface area contributed by atoms with Crippen molar-refractivity contribution < 1.29 is 0 Å². The maximum absolute atomic E-state index is 2.41. The van der Waals surface area contributed by atoms with Crippen molar-refractivity contribution in [3.63, 3.8) is 0 Å². The molecule has 92 valence electrons. The zero-order valence-electron chi connectivity index (χ0n) is 11.3. The van der Waals surface area contributed by atoms with Crippen LogP contribution >= 0.6 is 0 Å². The van der Waals surface area contributed by atoms with Crippen LogP contribution in [0.5, 0.6) is 0 Å². The molecule has 0 aromatic heterocycles. The molecule has 0 spiro atoms. The third-order valence-electron chi connectivity index (χ3n) is 4.32. The predicted molar refractivity (Wildman–Crippen MR) is 78.4 cm³/mol. The maximum Gasteiger partial charge on any atom is -0.00577 e. The highest BCUT2D eigenvalue weighted by Gasteiger charge is 2.14. The van der Waals surface area contributed by atoms with Crippen LogP contribution in [0.15, 0.2) is 52.6 Å². The number of hydrogen-bond acceptors (Lipinski definition) is 0. The van der Waals surface area contributed by atoms with Crippen LogP contribution in [0.4, 0.5) is 0 Å². The van der Waals surface area contributed by atoms with Crippen LogP contribution in [0.2, 0.25) is 0 Å². The molecule has 1 aromatic rings. The van der Waals surface area contributed by atoms with Crippen molar-refractivity contribution in [1.82, 2.24) is 0 Å². The molecule has 0 heteroatoms. The van der Waals surface area contributed by atoms with E-state index in [1.807, 2.05) is 0 Å². The molecule has 1 aromatic carbocycles. The van der Waals surface area contributed by atoms with Crippen molar-refractivity contribution in [3.05, 3.63) is 63.8 Å². The summed E-state index contributed by atoms with van der Waals surface area (Å²) in [5.74, 6) is 0. The van der Waals surface area contributed by atoms with Gasteiger partial charge in [-0.3, -0.25) is 0 Å². The monoisotopic (exact) mass is 236 g/mol. The Morgan fingerprint density at radius 1 is 1.06 bits per heavy atom. The van der Waals surface area contributed by atoms with Crippen LogP contribution in [0.25, 0.3) is 6.08 Å². The lowest BCUT2D eigenvalue weighted by molar-refractivity contribution is 0.911. The summed E-state index contributed by atoms with van der Waals surface area (Å²) in [6, 6.07) is 8.76. The van der Waals surface area contributed by atoms with Gasteiger partial charge in [0.2, 0.25) is 0 Å². The number of rotatable bonds is 3. The Labute approximate surface area is 110 Å². The fourth-order valence-corrected chi connectivity index (χ4v) is 2.95. The molecule has 0 heterocycles. The number of hydrogen-bond donors (Lipinski definition) is 0. The quantitative estimate of drug-likeness (QED) is 0.687. The van der Waals surface area contributed by atoms with Crippen LogP contribution in [0.3, 0.4) is 0 Å². The lowest BCUT2D eigenvalue weighted by Gasteiger charge is -2.06. The first kappa shape index (κ1) is 11.5. The van der Waals surface area contributed by atoms with Gasteiger partial charge in [0.25, 0.3) is 0 Å². The molecule has 0 bridgehead atoms. The molecule has 0 aliphatic heterocycles. The van der Waals surface area contributed by atoms with Gasteiger partial charge in [0.05, 0.1) is 0 Å². The molecule has 0 N–H and O–H groups in total. The van der Waals surface area contributed by atoms with E-state index in [1.54, 1.807) is 16.7 Å². The van der Waals surface area contributed by atoms with E-state index in [1.165, 1.54) is 36.0 Å². The first-order valence-electron chi connectivity index (χ1n) is 6.87. The minimum atomic E-state index is 1.16. The summed E-state index contributed by atoms with van der Waals surface area (Å²) in [6.07, 6.45) is 9.55. The molecule has 0 radical (unpaired) electrons. The van der Waals surface area contributed by atoms with Crippen molar-refractivity contribution in [2.45, 2.75) is 39.5 Å². The lowest BCUT2D eigenvalue weighted by Crippen LogP contribution is -1.88. The fourth-order valence-electron chi connectivity index (χ4n) is 2.95. The highest BCUT2D eigenvalue weighted by molar-refractivity contribution is 5.63. The van der Waals surface area contributed by atoms with Gasteiger partial charge in [0.1, 0.15) is 0 Å². The summed E-state index contributed by atoms with van der Waals surface area (Å²) >= 11 is 0. The van der Waals surface area contributed by atoms with E-state index in [2.05, 4.69) is 50.3 Å². The molecule has 0 atom stereocenters. The summed E-state index contributed by atoms with van der Waals surface area (Å²) in [5, 5.41) is 0. The summed E-state index contributed by atoms with van der Waals surface area (Å²) in [4.78, 5) is 0. The SMILES string of the molecule is CC1=C(C)C(CCC2=Cc3ccccc3C2)=CC1. The Balaban J connectivity index is 1.64.